The zero-order valence-electron chi connectivity index (χ0n) is 12.7. The lowest BCUT2D eigenvalue weighted by atomic mass is 10.2. The molecule has 3 N–H and O–H groups in total. The average Bonchev–Trinajstić information content (AvgIpc) is 2.57. The molecule has 0 amide bonds. The van der Waals surface area contributed by atoms with Gasteiger partial charge in [-0.3, -0.25) is 9.58 Å². The van der Waals surface area contributed by atoms with Crippen LogP contribution in [-0.2, 0) is 11.3 Å². The maximum atomic E-state index is 10.3. The molecule has 0 aromatic carbocycles. The molecule has 114 valence electrons. The molecule has 0 bridgehead atoms. The predicted molar refractivity (Wildman–Crippen MR) is 78.6 cm³/mol. The van der Waals surface area contributed by atoms with Gasteiger partial charge in [0.2, 0.25) is 0 Å². The molecule has 1 saturated heterocycles. The molecule has 0 aliphatic carbocycles. The first-order valence-corrected chi connectivity index (χ1v) is 7.29. The molecular weight excluding hydrogens is 256 g/mol. The van der Waals surface area contributed by atoms with Crippen molar-refractivity contribution in [3.05, 3.63) is 11.4 Å². The van der Waals surface area contributed by atoms with Crippen LogP contribution in [0.15, 0.2) is 0 Å². The number of anilines is 1. The third-order valence-electron chi connectivity index (χ3n) is 3.83. The lowest BCUT2D eigenvalue weighted by Crippen LogP contribution is -2.38. The van der Waals surface area contributed by atoms with Gasteiger partial charge in [-0.1, -0.05) is 0 Å². The van der Waals surface area contributed by atoms with Crippen molar-refractivity contribution in [1.29, 1.82) is 0 Å². The molecule has 1 aliphatic rings. The molecule has 6 nitrogen and oxygen atoms in total. The number of nitrogens with two attached hydrogens (primary N) is 1. The monoisotopic (exact) mass is 282 g/mol. The molecule has 2 rings (SSSR count). The molecule has 20 heavy (non-hydrogen) atoms. The Balaban J connectivity index is 1.91. The van der Waals surface area contributed by atoms with E-state index >= 15 is 0 Å². The number of aryl methyl sites for hydroxylation is 1. The zero-order chi connectivity index (χ0) is 14.7. The van der Waals surface area contributed by atoms with Crippen LogP contribution in [0.2, 0.25) is 0 Å². The van der Waals surface area contributed by atoms with E-state index in [0.717, 1.165) is 37.5 Å². The summed E-state index contributed by atoms with van der Waals surface area (Å²) < 4.78 is 7.41. The second kappa shape index (κ2) is 6.56. The third kappa shape index (κ3) is 3.71. The number of hydrogen-bond acceptors (Lipinski definition) is 5. The number of hydrogen-bond donors (Lipinski definition) is 2. The Hall–Kier alpha value is -1.11. The van der Waals surface area contributed by atoms with E-state index in [-0.39, 0.29) is 6.10 Å². The van der Waals surface area contributed by atoms with E-state index in [1.807, 2.05) is 13.8 Å². The minimum Gasteiger partial charge on any atom is -0.396 e. The van der Waals surface area contributed by atoms with Crippen molar-refractivity contribution in [3.8, 4) is 0 Å². The lowest BCUT2D eigenvalue weighted by Gasteiger charge is -2.24. The number of β-amino-alcohol motifs (C(OH)–C–C–N with tert-alkyl or cyclic N) is 1. The van der Waals surface area contributed by atoms with Gasteiger partial charge >= 0.3 is 0 Å². The van der Waals surface area contributed by atoms with Crippen LogP contribution >= 0.6 is 0 Å². The number of aliphatic hydroxyl groups is 1. The van der Waals surface area contributed by atoms with Gasteiger partial charge < -0.3 is 15.6 Å². The van der Waals surface area contributed by atoms with Gasteiger partial charge in [-0.05, 0) is 27.2 Å². The van der Waals surface area contributed by atoms with Crippen molar-refractivity contribution in [2.45, 2.75) is 45.9 Å². The van der Waals surface area contributed by atoms with E-state index < -0.39 is 6.10 Å². The number of nitrogens with zero attached hydrogens (tertiary/aromatic N) is 3. The topological polar surface area (TPSA) is 76.5 Å². The van der Waals surface area contributed by atoms with Crippen LogP contribution < -0.4 is 5.73 Å². The highest BCUT2D eigenvalue weighted by Crippen LogP contribution is 2.15. The summed E-state index contributed by atoms with van der Waals surface area (Å²) in [5.74, 6) is 0. The highest BCUT2D eigenvalue weighted by molar-refractivity contribution is 5.46. The Labute approximate surface area is 120 Å². The standard InChI is InChI=1S/C14H26N4O2/c1-10-7-17(5-4-6-20-10)8-13(19)9-18-12(3)14(15)11(2)16-18/h10,13,19H,4-9,15H2,1-3H3. The first kappa shape index (κ1) is 15.3. The van der Waals surface area contributed by atoms with E-state index in [2.05, 4.69) is 16.9 Å². The smallest absolute Gasteiger partial charge is 0.0862 e. The van der Waals surface area contributed by atoms with Crippen molar-refractivity contribution in [1.82, 2.24) is 14.7 Å². The third-order valence-corrected chi connectivity index (χ3v) is 3.83. The summed E-state index contributed by atoms with van der Waals surface area (Å²) in [6.07, 6.45) is 0.802. The Morgan fingerprint density at radius 3 is 2.85 bits per heavy atom. The van der Waals surface area contributed by atoms with Gasteiger partial charge in [0.1, 0.15) is 0 Å². The van der Waals surface area contributed by atoms with E-state index in [4.69, 9.17) is 10.5 Å². The molecule has 1 aromatic heterocycles. The highest BCUT2D eigenvalue weighted by Gasteiger charge is 2.19. The fraction of sp³-hybridized carbons (Fsp3) is 0.786. The van der Waals surface area contributed by atoms with Crippen LogP contribution in [0.4, 0.5) is 5.69 Å². The first-order valence-electron chi connectivity index (χ1n) is 7.29. The Kier molecular flexibility index (Phi) is 5.01. The van der Waals surface area contributed by atoms with Crippen LogP contribution in [0, 0.1) is 13.8 Å². The molecule has 2 unspecified atom stereocenters. The Bertz CT molecular complexity index is 447. The van der Waals surface area contributed by atoms with Crippen LogP contribution in [0.5, 0.6) is 0 Å². The van der Waals surface area contributed by atoms with Gasteiger partial charge in [0.15, 0.2) is 0 Å². The highest BCUT2D eigenvalue weighted by atomic mass is 16.5. The van der Waals surface area contributed by atoms with Crippen molar-refractivity contribution in [3.63, 3.8) is 0 Å². The fourth-order valence-corrected chi connectivity index (χ4v) is 2.69. The second-order valence-electron chi connectivity index (χ2n) is 5.71. The van der Waals surface area contributed by atoms with Crippen molar-refractivity contribution in [2.75, 3.05) is 32.0 Å². The largest absolute Gasteiger partial charge is 0.396 e. The lowest BCUT2D eigenvalue weighted by molar-refractivity contribution is 0.0525. The summed E-state index contributed by atoms with van der Waals surface area (Å²) in [7, 11) is 0. The van der Waals surface area contributed by atoms with E-state index in [1.54, 1.807) is 4.68 Å². The summed E-state index contributed by atoms with van der Waals surface area (Å²) in [6.45, 7) is 9.68. The number of nitrogen functional groups attached to an aromatic ring is 1. The second-order valence-corrected chi connectivity index (χ2v) is 5.71. The number of aromatic nitrogens is 2. The molecule has 6 heteroatoms. The fourth-order valence-electron chi connectivity index (χ4n) is 2.69. The summed E-state index contributed by atoms with van der Waals surface area (Å²) in [6, 6.07) is 0. The predicted octanol–water partition coefficient (Wildman–Crippen LogP) is 0.554. The molecular formula is C14H26N4O2. The van der Waals surface area contributed by atoms with Crippen LogP contribution in [0.3, 0.4) is 0 Å². The minimum atomic E-state index is -0.447. The first-order chi connectivity index (χ1) is 9.47. The Morgan fingerprint density at radius 1 is 1.45 bits per heavy atom. The average molecular weight is 282 g/mol. The SMILES string of the molecule is Cc1nn(CC(O)CN2CCCOC(C)C2)c(C)c1N. The summed E-state index contributed by atoms with van der Waals surface area (Å²) >= 11 is 0. The molecule has 1 aromatic rings. The Morgan fingerprint density at radius 2 is 2.20 bits per heavy atom. The number of aliphatic hydroxyl groups excluding tert-OH is 1. The normalized spacial score (nSPS) is 22.7. The zero-order valence-corrected chi connectivity index (χ0v) is 12.7. The summed E-state index contributed by atoms with van der Waals surface area (Å²) in [5, 5.41) is 14.6. The van der Waals surface area contributed by atoms with Crippen molar-refractivity contribution in [2.24, 2.45) is 0 Å². The molecule has 2 heterocycles. The van der Waals surface area contributed by atoms with Gasteiger partial charge in [-0.15, -0.1) is 0 Å². The van der Waals surface area contributed by atoms with E-state index in [0.29, 0.717) is 18.8 Å². The van der Waals surface area contributed by atoms with Gasteiger partial charge in [-0.25, -0.2) is 0 Å². The van der Waals surface area contributed by atoms with Crippen LogP contribution in [0.25, 0.3) is 0 Å². The van der Waals surface area contributed by atoms with Crippen LogP contribution in [-0.4, -0.2) is 58.2 Å². The molecule has 1 aliphatic heterocycles. The summed E-state index contributed by atoms with van der Waals surface area (Å²) in [5.41, 5.74) is 8.38. The maximum absolute atomic E-state index is 10.3. The maximum Gasteiger partial charge on any atom is 0.0862 e. The van der Waals surface area contributed by atoms with Gasteiger partial charge in [0.25, 0.3) is 0 Å². The summed E-state index contributed by atoms with van der Waals surface area (Å²) in [4.78, 5) is 2.26. The van der Waals surface area contributed by atoms with E-state index in [9.17, 15) is 5.11 Å². The quantitative estimate of drug-likeness (QED) is 0.843. The van der Waals surface area contributed by atoms with Gasteiger partial charge in [0.05, 0.1) is 35.8 Å². The van der Waals surface area contributed by atoms with Crippen molar-refractivity contribution < 1.29 is 9.84 Å². The molecule has 0 saturated carbocycles. The van der Waals surface area contributed by atoms with Crippen LogP contribution in [0.1, 0.15) is 24.7 Å². The van der Waals surface area contributed by atoms with Crippen molar-refractivity contribution >= 4 is 5.69 Å². The molecule has 1 fully saturated rings. The number of ether oxygens (including phenoxy) is 1. The van der Waals surface area contributed by atoms with Gasteiger partial charge in [-0.2, -0.15) is 5.10 Å². The minimum absolute atomic E-state index is 0.231. The molecule has 2 atom stereocenters. The van der Waals surface area contributed by atoms with Gasteiger partial charge in [0, 0.05) is 26.2 Å². The van der Waals surface area contributed by atoms with E-state index in [1.165, 1.54) is 0 Å². The molecule has 0 spiro atoms. The number of rotatable bonds is 4. The molecule has 0 radical (unpaired) electrons.